The van der Waals surface area contributed by atoms with Crippen molar-refractivity contribution in [3.63, 3.8) is 0 Å². The third kappa shape index (κ3) is 7.06. The molecule has 2 heterocycles. The van der Waals surface area contributed by atoms with Crippen molar-refractivity contribution in [1.29, 1.82) is 0 Å². The highest BCUT2D eigenvalue weighted by atomic mass is 32.2. The average molecular weight is 540 g/mol. The zero-order valence-electron chi connectivity index (χ0n) is 21.6. The molecular weight excluding hydrogens is 506 g/mol. The summed E-state index contributed by atoms with van der Waals surface area (Å²) in [4.78, 5) is 53.5. The standard InChI is InChI=1S/C28H33N3O6S/c1-19(2)38-18-25(32)29-22-10-8-21(9-11-22)26(33)30-14-12-23(13-15-30)31-24(17-37-28(31)35)27(34)36-16-20-6-4-3-5-7-20/h3-11,19,23-24H,12-18H2,1-2H3,(H,29,32)/t24-/m0/s1. The van der Waals surface area contributed by atoms with Crippen LogP contribution in [0.3, 0.4) is 0 Å². The lowest BCUT2D eigenvalue weighted by Crippen LogP contribution is -2.52. The Morgan fingerprint density at radius 3 is 2.39 bits per heavy atom. The van der Waals surface area contributed by atoms with Gasteiger partial charge in [-0.15, -0.1) is 11.8 Å². The fourth-order valence-electron chi connectivity index (χ4n) is 4.51. The number of carbonyl (C=O) groups is 4. The molecule has 2 aromatic carbocycles. The maximum Gasteiger partial charge on any atom is 0.410 e. The Balaban J connectivity index is 1.28. The molecule has 0 saturated carbocycles. The van der Waals surface area contributed by atoms with E-state index in [1.807, 2.05) is 44.2 Å². The van der Waals surface area contributed by atoms with Crippen LogP contribution in [0.2, 0.25) is 0 Å². The van der Waals surface area contributed by atoms with Crippen LogP contribution in [0, 0.1) is 0 Å². The fourth-order valence-corrected chi connectivity index (χ4v) is 5.06. The van der Waals surface area contributed by atoms with E-state index >= 15 is 0 Å². The number of esters is 1. The van der Waals surface area contributed by atoms with Gasteiger partial charge in [-0.2, -0.15) is 0 Å². The summed E-state index contributed by atoms with van der Waals surface area (Å²) in [6.45, 7) is 5.07. The van der Waals surface area contributed by atoms with Crippen molar-refractivity contribution in [3.05, 3.63) is 65.7 Å². The van der Waals surface area contributed by atoms with Gasteiger partial charge in [0.15, 0.2) is 6.04 Å². The van der Waals surface area contributed by atoms with Gasteiger partial charge in [-0.3, -0.25) is 14.5 Å². The number of benzene rings is 2. The lowest BCUT2D eigenvalue weighted by Gasteiger charge is -2.37. The Morgan fingerprint density at radius 2 is 1.74 bits per heavy atom. The number of thioether (sulfide) groups is 1. The molecule has 9 nitrogen and oxygen atoms in total. The maximum atomic E-state index is 13.1. The SMILES string of the molecule is CC(C)SCC(=O)Nc1ccc(C(=O)N2CCC(N3C(=O)OC[C@H]3C(=O)OCc3ccccc3)CC2)cc1. The molecule has 10 heteroatoms. The quantitative estimate of drug-likeness (QED) is 0.482. The molecule has 2 aliphatic rings. The number of nitrogens with zero attached hydrogens (tertiary/aromatic N) is 2. The van der Waals surface area contributed by atoms with Crippen molar-refractivity contribution in [2.45, 2.75) is 50.6 Å². The van der Waals surface area contributed by atoms with E-state index < -0.39 is 18.1 Å². The Hall–Kier alpha value is -3.53. The van der Waals surface area contributed by atoms with E-state index in [4.69, 9.17) is 9.47 Å². The summed E-state index contributed by atoms with van der Waals surface area (Å²) < 4.78 is 10.6. The van der Waals surface area contributed by atoms with E-state index in [9.17, 15) is 19.2 Å². The summed E-state index contributed by atoms with van der Waals surface area (Å²) in [5.41, 5.74) is 2.04. The average Bonchev–Trinajstić information content (AvgIpc) is 3.32. The second-order valence-corrected chi connectivity index (χ2v) is 11.2. The van der Waals surface area contributed by atoms with Gasteiger partial charge in [0.05, 0.1) is 5.75 Å². The topological polar surface area (TPSA) is 105 Å². The number of anilines is 1. The second-order valence-electron chi connectivity index (χ2n) is 9.60. The lowest BCUT2D eigenvalue weighted by atomic mass is 10.0. The van der Waals surface area contributed by atoms with Crippen molar-refractivity contribution >= 4 is 41.3 Å². The molecule has 0 radical (unpaired) electrons. The Labute approximate surface area is 226 Å². The number of nitrogens with one attached hydrogen (secondary N) is 1. The van der Waals surface area contributed by atoms with Gasteiger partial charge in [0.1, 0.15) is 13.2 Å². The first-order valence-electron chi connectivity index (χ1n) is 12.8. The van der Waals surface area contributed by atoms with Crippen molar-refractivity contribution < 1.29 is 28.7 Å². The van der Waals surface area contributed by atoms with Crippen LogP contribution in [0.25, 0.3) is 0 Å². The number of likely N-dealkylation sites (tertiary alicyclic amines) is 1. The second kappa shape index (κ2) is 12.8. The van der Waals surface area contributed by atoms with Crippen LogP contribution in [-0.2, 0) is 25.7 Å². The molecule has 0 spiro atoms. The molecule has 3 amide bonds. The summed E-state index contributed by atoms with van der Waals surface area (Å²) in [6, 6.07) is 15.2. The van der Waals surface area contributed by atoms with Gasteiger partial charge in [-0.1, -0.05) is 44.2 Å². The molecule has 2 aliphatic heterocycles. The Bertz CT molecular complexity index is 1130. The molecule has 202 valence electrons. The van der Waals surface area contributed by atoms with Crippen LogP contribution in [0.15, 0.2) is 54.6 Å². The summed E-state index contributed by atoms with van der Waals surface area (Å²) in [7, 11) is 0. The van der Waals surface area contributed by atoms with Crippen LogP contribution in [0.4, 0.5) is 10.5 Å². The first kappa shape index (κ1) is 27.5. The number of cyclic esters (lactones) is 1. The first-order valence-corrected chi connectivity index (χ1v) is 13.8. The third-order valence-electron chi connectivity index (χ3n) is 6.52. The first-order chi connectivity index (χ1) is 18.3. The Morgan fingerprint density at radius 1 is 1.05 bits per heavy atom. The predicted octanol–water partition coefficient (Wildman–Crippen LogP) is 3.94. The summed E-state index contributed by atoms with van der Waals surface area (Å²) >= 11 is 1.57. The van der Waals surface area contributed by atoms with Gasteiger partial charge in [0.2, 0.25) is 5.91 Å². The van der Waals surface area contributed by atoms with Gasteiger partial charge < -0.3 is 19.7 Å². The van der Waals surface area contributed by atoms with Crippen LogP contribution in [0.5, 0.6) is 0 Å². The minimum atomic E-state index is -0.792. The van der Waals surface area contributed by atoms with E-state index in [-0.39, 0.29) is 31.1 Å². The minimum Gasteiger partial charge on any atom is -0.459 e. The number of hydrogen-bond acceptors (Lipinski definition) is 7. The van der Waals surface area contributed by atoms with Crippen LogP contribution in [0.1, 0.15) is 42.6 Å². The highest BCUT2D eigenvalue weighted by Crippen LogP contribution is 2.26. The molecule has 0 aliphatic carbocycles. The number of ether oxygens (including phenoxy) is 2. The number of piperidine rings is 1. The normalized spacial score (nSPS) is 17.9. The monoisotopic (exact) mass is 539 g/mol. The summed E-state index contributed by atoms with van der Waals surface area (Å²) in [5, 5.41) is 3.22. The molecule has 2 aromatic rings. The zero-order chi connectivity index (χ0) is 27.1. The summed E-state index contributed by atoms with van der Waals surface area (Å²) in [6.07, 6.45) is 0.538. The predicted molar refractivity (Wildman–Crippen MR) is 145 cm³/mol. The van der Waals surface area contributed by atoms with Crippen LogP contribution >= 0.6 is 11.8 Å². The molecular formula is C28H33N3O6S. The highest BCUT2D eigenvalue weighted by molar-refractivity contribution is 8.00. The van der Waals surface area contributed by atoms with Gasteiger partial charge in [-0.05, 0) is 47.9 Å². The third-order valence-corrected chi connectivity index (χ3v) is 7.61. The molecule has 0 unspecified atom stereocenters. The molecule has 1 N–H and O–H groups in total. The number of amides is 3. The minimum absolute atomic E-state index is 0.0371. The number of rotatable bonds is 9. The van der Waals surface area contributed by atoms with Gasteiger partial charge in [0.25, 0.3) is 5.91 Å². The molecule has 1 atom stereocenters. The van der Waals surface area contributed by atoms with E-state index in [0.717, 1.165) is 5.56 Å². The summed E-state index contributed by atoms with van der Waals surface area (Å²) in [5.74, 6) is -0.302. The van der Waals surface area contributed by atoms with Crippen molar-refractivity contribution in [3.8, 4) is 0 Å². The van der Waals surface area contributed by atoms with Gasteiger partial charge >= 0.3 is 12.1 Å². The highest BCUT2D eigenvalue weighted by Gasteiger charge is 2.44. The van der Waals surface area contributed by atoms with Crippen molar-refractivity contribution in [2.24, 2.45) is 0 Å². The van der Waals surface area contributed by atoms with E-state index in [2.05, 4.69) is 5.32 Å². The Kier molecular flexibility index (Phi) is 9.28. The molecule has 0 aromatic heterocycles. The van der Waals surface area contributed by atoms with E-state index in [1.54, 1.807) is 40.9 Å². The zero-order valence-corrected chi connectivity index (χ0v) is 22.4. The smallest absolute Gasteiger partial charge is 0.410 e. The molecule has 2 saturated heterocycles. The fraction of sp³-hybridized carbons (Fsp3) is 0.429. The largest absolute Gasteiger partial charge is 0.459 e. The van der Waals surface area contributed by atoms with E-state index in [1.165, 1.54) is 4.90 Å². The van der Waals surface area contributed by atoms with E-state index in [0.29, 0.717) is 48.2 Å². The molecule has 4 rings (SSSR count). The van der Waals surface area contributed by atoms with Crippen LogP contribution < -0.4 is 5.32 Å². The van der Waals surface area contributed by atoms with Gasteiger partial charge in [-0.25, -0.2) is 9.59 Å². The van der Waals surface area contributed by atoms with Crippen molar-refractivity contribution in [1.82, 2.24) is 9.80 Å². The molecule has 38 heavy (non-hydrogen) atoms. The maximum absolute atomic E-state index is 13.1. The molecule has 0 bridgehead atoms. The molecule has 2 fully saturated rings. The van der Waals surface area contributed by atoms with Crippen molar-refractivity contribution in [2.75, 3.05) is 30.8 Å². The van der Waals surface area contributed by atoms with Gasteiger partial charge in [0, 0.05) is 30.4 Å². The number of carbonyl (C=O) groups excluding carboxylic acids is 4. The number of hydrogen-bond donors (Lipinski definition) is 1. The lowest BCUT2D eigenvalue weighted by molar-refractivity contribution is -0.150. The van der Waals surface area contributed by atoms with Crippen LogP contribution in [-0.4, -0.2) is 76.5 Å².